The van der Waals surface area contributed by atoms with Crippen LogP contribution in [0.3, 0.4) is 0 Å². The lowest BCUT2D eigenvalue weighted by Crippen LogP contribution is -2.00. The Balaban J connectivity index is 1.92. The molecule has 0 bridgehead atoms. The fourth-order valence-electron chi connectivity index (χ4n) is 3.25. The van der Waals surface area contributed by atoms with Gasteiger partial charge in [-0.15, -0.1) is 0 Å². The normalized spacial score (nSPS) is 11.5. The predicted octanol–water partition coefficient (Wildman–Crippen LogP) is 5.07. The summed E-state index contributed by atoms with van der Waals surface area (Å²) in [5, 5.41) is 12.2. The Kier molecular flexibility index (Phi) is 2.76. The summed E-state index contributed by atoms with van der Waals surface area (Å²) in [6, 6.07) is 19.8. The van der Waals surface area contributed by atoms with Gasteiger partial charge in [0.2, 0.25) is 0 Å². The lowest BCUT2D eigenvalue weighted by atomic mass is 10.1. The fraction of sp³-hybridized carbons (Fsp3) is 0. The Labute approximate surface area is 141 Å². The van der Waals surface area contributed by atoms with Gasteiger partial charge >= 0.3 is 0 Å². The van der Waals surface area contributed by atoms with Crippen LogP contribution in [0.1, 0.15) is 0 Å². The Morgan fingerprint density at radius 1 is 0.720 bits per heavy atom. The zero-order valence-electron chi connectivity index (χ0n) is 13.0. The third-order valence-electron chi connectivity index (χ3n) is 4.39. The summed E-state index contributed by atoms with van der Waals surface area (Å²) in [5.74, 6) is 0.346. The number of hydrogen-bond donors (Lipinski definition) is 1. The van der Waals surface area contributed by atoms with Crippen LogP contribution in [0.4, 0.5) is 0 Å². The first kappa shape index (κ1) is 13.9. The van der Waals surface area contributed by atoms with Crippen molar-refractivity contribution >= 4 is 32.9 Å². The van der Waals surface area contributed by atoms with E-state index in [1.54, 1.807) is 6.07 Å². The Morgan fingerprint density at radius 2 is 1.44 bits per heavy atom. The minimum atomic E-state index is -0.287. The Hall–Kier alpha value is -3.53. The van der Waals surface area contributed by atoms with Gasteiger partial charge in [-0.2, -0.15) is 0 Å². The smallest absolute Gasteiger partial charge is 0.197 e. The highest BCUT2D eigenvalue weighted by molar-refractivity contribution is 6.14. The number of aromatic hydroxyl groups is 1. The van der Waals surface area contributed by atoms with E-state index in [4.69, 9.17) is 8.83 Å². The van der Waals surface area contributed by atoms with Gasteiger partial charge in [-0.05, 0) is 6.07 Å². The van der Waals surface area contributed by atoms with Crippen molar-refractivity contribution in [2.45, 2.75) is 0 Å². The highest BCUT2D eigenvalue weighted by Gasteiger charge is 2.18. The number of fused-ring (bicyclic) bond motifs is 4. The van der Waals surface area contributed by atoms with Crippen molar-refractivity contribution in [3.63, 3.8) is 0 Å². The molecule has 0 fully saturated rings. The van der Waals surface area contributed by atoms with Crippen molar-refractivity contribution in [3.8, 4) is 17.1 Å². The van der Waals surface area contributed by atoms with E-state index in [9.17, 15) is 9.90 Å². The van der Waals surface area contributed by atoms with Crippen LogP contribution in [0.15, 0.2) is 80.4 Å². The van der Waals surface area contributed by atoms with Gasteiger partial charge < -0.3 is 13.9 Å². The maximum atomic E-state index is 12.6. The fourth-order valence-corrected chi connectivity index (χ4v) is 3.25. The minimum Gasteiger partial charge on any atom is -0.506 e. The molecule has 5 aromatic rings. The molecule has 0 saturated heterocycles. The summed E-state index contributed by atoms with van der Waals surface area (Å²) in [6.07, 6.45) is 0. The molecule has 5 rings (SSSR count). The van der Waals surface area contributed by atoms with Crippen molar-refractivity contribution in [3.05, 3.63) is 77.0 Å². The lowest BCUT2D eigenvalue weighted by molar-refractivity contribution is 0.485. The molecule has 0 aliphatic rings. The van der Waals surface area contributed by atoms with Crippen molar-refractivity contribution in [1.29, 1.82) is 0 Å². The third kappa shape index (κ3) is 1.97. The molecule has 0 radical (unpaired) electrons. The molecule has 0 spiro atoms. The predicted molar refractivity (Wildman–Crippen MR) is 96.9 cm³/mol. The topological polar surface area (TPSA) is 63.6 Å². The summed E-state index contributed by atoms with van der Waals surface area (Å²) in [5.41, 5.74) is 1.95. The summed E-state index contributed by atoms with van der Waals surface area (Å²) in [7, 11) is 0. The Morgan fingerprint density at radius 3 is 2.28 bits per heavy atom. The SMILES string of the molecule is O=c1cc(-c2ccccc2)oc2cc3oc4ccccc4c3c(O)c12. The maximum absolute atomic E-state index is 12.6. The molecule has 4 heteroatoms. The van der Waals surface area contributed by atoms with E-state index in [1.807, 2.05) is 54.6 Å². The van der Waals surface area contributed by atoms with Crippen LogP contribution in [-0.2, 0) is 0 Å². The molecule has 3 aromatic carbocycles. The van der Waals surface area contributed by atoms with E-state index in [0.717, 1.165) is 10.9 Å². The van der Waals surface area contributed by atoms with Gasteiger partial charge in [0.1, 0.15) is 33.6 Å². The quantitative estimate of drug-likeness (QED) is 0.467. The first-order chi connectivity index (χ1) is 12.2. The molecular formula is C21H12O4. The van der Waals surface area contributed by atoms with Gasteiger partial charge in [-0.25, -0.2) is 0 Å². The van der Waals surface area contributed by atoms with Crippen LogP contribution in [0.2, 0.25) is 0 Å². The molecule has 0 saturated carbocycles. The Bertz CT molecular complexity index is 1310. The number of phenolic OH excluding ortho intramolecular Hbond substituents is 1. The highest BCUT2D eigenvalue weighted by atomic mass is 16.3. The molecule has 2 heterocycles. The molecule has 120 valence electrons. The summed E-state index contributed by atoms with van der Waals surface area (Å²) < 4.78 is 11.7. The average molecular weight is 328 g/mol. The van der Waals surface area contributed by atoms with Crippen molar-refractivity contribution in [1.82, 2.24) is 0 Å². The molecule has 4 nitrogen and oxygen atoms in total. The number of hydrogen-bond acceptors (Lipinski definition) is 4. The first-order valence-corrected chi connectivity index (χ1v) is 7.89. The molecule has 0 aliphatic carbocycles. The summed E-state index contributed by atoms with van der Waals surface area (Å²) in [6.45, 7) is 0. The minimum absolute atomic E-state index is 0.106. The van der Waals surface area contributed by atoms with Gasteiger partial charge in [0, 0.05) is 23.1 Å². The van der Waals surface area contributed by atoms with E-state index < -0.39 is 0 Å². The van der Waals surface area contributed by atoms with E-state index >= 15 is 0 Å². The monoisotopic (exact) mass is 328 g/mol. The standard InChI is InChI=1S/C21H12O4/c22-14-10-16(12-6-2-1-3-7-12)25-18-11-17-19(21(23)20(14)18)13-8-4-5-9-15(13)24-17/h1-11,23H. The van der Waals surface area contributed by atoms with Gasteiger partial charge in [0.05, 0.1) is 5.39 Å². The summed E-state index contributed by atoms with van der Waals surface area (Å²) >= 11 is 0. The van der Waals surface area contributed by atoms with Gasteiger partial charge in [-0.3, -0.25) is 4.79 Å². The molecular weight excluding hydrogens is 316 g/mol. The molecule has 0 aliphatic heterocycles. The zero-order chi connectivity index (χ0) is 17.0. The number of phenols is 1. The van der Waals surface area contributed by atoms with Crippen LogP contribution >= 0.6 is 0 Å². The molecule has 25 heavy (non-hydrogen) atoms. The van der Waals surface area contributed by atoms with E-state index in [1.165, 1.54) is 6.07 Å². The van der Waals surface area contributed by atoms with Crippen LogP contribution in [0.5, 0.6) is 5.75 Å². The van der Waals surface area contributed by atoms with Gasteiger partial charge in [0.25, 0.3) is 0 Å². The van der Waals surface area contributed by atoms with Crippen LogP contribution in [-0.4, -0.2) is 5.11 Å². The van der Waals surface area contributed by atoms with Gasteiger partial charge in [-0.1, -0.05) is 48.5 Å². The molecule has 1 N–H and O–H groups in total. The van der Waals surface area contributed by atoms with Crippen LogP contribution in [0, 0.1) is 0 Å². The van der Waals surface area contributed by atoms with E-state index in [-0.39, 0.29) is 16.6 Å². The number of benzene rings is 3. The first-order valence-electron chi connectivity index (χ1n) is 7.89. The maximum Gasteiger partial charge on any atom is 0.197 e. The molecule has 0 amide bonds. The largest absolute Gasteiger partial charge is 0.506 e. The second-order valence-corrected chi connectivity index (χ2v) is 5.91. The van der Waals surface area contributed by atoms with Crippen molar-refractivity contribution < 1.29 is 13.9 Å². The van der Waals surface area contributed by atoms with E-state index in [0.29, 0.717) is 27.9 Å². The second kappa shape index (κ2) is 4.98. The van der Waals surface area contributed by atoms with E-state index in [2.05, 4.69) is 0 Å². The molecule has 2 aromatic heterocycles. The third-order valence-corrected chi connectivity index (χ3v) is 4.39. The average Bonchev–Trinajstić information content (AvgIpc) is 3.00. The second-order valence-electron chi connectivity index (χ2n) is 5.91. The summed E-state index contributed by atoms with van der Waals surface area (Å²) in [4.78, 5) is 12.6. The number of para-hydroxylation sites is 1. The molecule has 0 atom stereocenters. The van der Waals surface area contributed by atoms with Crippen LogP contribution in [0.25, 0.3) is 44.2 Å². The lowest BCUT2D eigenvalue weighted by Gasteiger charge is -2.05. The van der Waals surface area contributed by atoms with Gasteiger partial charge in [0.15, 0.2) is 5.43 Å². The number of rotatable bonds is 1. The van der Waals surface area contributed by atoms with Crippen molar-refractivity contribution in [2.75, 3.05) is 0 Å². The molecule has 0 unspecified atom stereocenters. The van der Waals surface area contributed by atoms with Crippen molar-refractivity contribution in [2.24, 2.45) is 0 Å². The zero-order valence-corrected chi connectivity index (χ0v) is 13.0. The highest BCUT2D eigenvalue weighted by Crippen LogP contribution is 2.39. The number of furan rings is 1. The van der Waals surface area contributed by atoms with Crippen LogP contribution < -0.4 is 5.43 Å².